The molecule has 1 atom stereocenters. The summed E-state index contributed by atoms with van der Waals surface area (Å²) in [6, 6.07) is 8.53. The van der Waals surface area contributed by atoms with Crippen LogP contribution in [0.2, 0.25) is 0 Å². The number of oxazole rings is 1. The van der Waals surface area contributed by atoms with Crippen molar-refractivity contribution in [1.29, 1.82) is 0 Å². The van der Waals surface area contributed by atoms with Crippen LogP contribution in [0.25, 0.3) is 11.1 Å². The van der Waals surface area contributed by atoms with Gasteiger partial charge in [0.2, 0.25) is 5.13 Å². The summed E-state index contributed by atoms with van der Waals surface area (Å²) >= 11 is 0.798. The first-order chi connectivity index (χ1) is 16.0. The van der Waals surface area contributed by atoms with Crippen LogP contribution in [0.15, 0.2) is 56.8 Å². The molecule has 0 aliphatic heterocycles. The summed E-state index contributed by atoms with van der Waals surface area (Å²) in [5.74, 6) is 4.17. The highest BCUT2D eigenvalue weighted by molar-refractivity contribution is 7.93. The van der Waals surface area contributed by atoms with Gasteiger partial charge >= 0.3 is 5.76 Å². The Kier molecular flexibility index (Phi) is 6.03. The van der Waals surface area contributed by atoms with Gasteiger partial charge in [0.05, 0.1) is 17.1 Å². The van der Waals surface area contributed by atoms with Gasteiger partial charge in [-0.2, -0.15) is 4.37 Å². The van der Waals surface area contributed by atoms with Crippen LogP contribution in [0.5, 0.6) is 0 Å². The number of nitrogens with two attached hydrogens (primary N) is 1. The SMILES string of the molecule is C[C@H](c1ccccc1C#CC(C)(C)N)n1c(=O)oc2cc(S(=O)(=O)Nc3ncns3)c(F)cc21. The number of fused-ring (bicyclic) bond motifs is 1. The van der Waals surface area contributed by atoms with E-state index in [1.54, 1.807) is 39.0 Å². The molecule has 0 aliphatic rings. The number of nitrogens with zero attached hydrogens (tertiary/aromatic N) is 3. The van der Waals surface area contributed by atoms with Gasteiger partial charge in [-0.15, -0.1) is 0 Å². The molecule has 34 heavy (non-hydrogen) atoms. The zero-order valence-electron chi connectivity index (χ0n) is 18.4. The molecule has 2 aromatic carbocycles. The minimum absolute atomic E-state index is 0.0227. The summed E-state index contributed by atoms with van der Waals surface area (Å²) in [6.07, 6.45) is 1.17. The van der Waals surface area contributed by atoms with Gasteiger partial charge in [-0.1, -0.05) is 30.0 Å². The molecule has 3 N–H and O–H groups in total. The maximum Gasteiger partial charge on any atom is 0.420 e. The molecule has 0 saturated heterocycles. The van der Waals surface area contributed by atoms with Crippen molar-refractivity contribution in [3.8, 4) is 11.8 Å². The monoisotopic (exact) mass is 501 g/mol. The first-order valence-corrected chi connectivity index (χ1v) is 12.3. The van der Waals surface area contributed by atoms with E-state index in [1.165, 1.54) is 10.9 Å². The molecule has 4 aromatic rings. The Morgan fingerprint density at radius 1 is 1.29 bits per heavy atom. The second kappa shape index (κ2) is 8.68. The third-order valence-electron chi connectivity index (χ3n) is 4.86. The first-order valence-electron chi connectivity index (χ1n) is 10.0. The molecular formula is C22H20FN5O4S2. The summed E-state index contributed by atoms with van der Waals surface area (Å²) in [5, 5.41) is -0.0227. The van der Waals surface area contributed by atoms with Crippen LogP contribution in [0.1, 0.15) is 37.9 Å². The van der Waals surface area contributed by atoms with Gasteiger partial charge in [0.1, 0.15) is 17.0 Å². The second-order valence-electron chi connectivity index (χ2n) is 8.08. The van der Waals surface area contributed by atoms with E-state index in [2.05, 4.69) is 25.9 Å². The largest absolute Gasteiger partial charge is 0.420 e. The lowest BCUT2D eigenvalue weighted by Gasteiger charge is -2.16. The average molecular weight is 502 g/mol. The Balaban J connectivity index is 1.80. The maximum absolute atomic E-state index is 15.0. The standard InChI is InChI=1S/C22H20FN5O4S2/c1-13(15-7-5-4-6-14(15)8-9-22(2,3)24)28-17-10-16(23)19(11-18(17)32-21(28)29)34(30,31)27-20-25-12-26-33-20/h4-7,10-13H,24H2,1-3H3,(H,25,26,27)/t13-/m1/s1. The molecule has 176 valence electrons. The van der Waals surface area contributed by atoms with Crippen LogP contribution in [0.3, 0.4) is 0 Å². The molecule has 0 saturated carbocycles. The van der Waals surface area contributed by atoms with Gasteiger partial charge in [-0.05, 0) is 32.4 Å². The molecule has 9 nitrogen and oxygen atoms in total. The topological polar surface area (TPSA) is 133 Å². The van der Waals surface area contributed by atoms with Crippen LogP contribution < -0.4 is 16.2 Å². The molecule has 0 spiro atoms. The minimum atomic E-state index is -4.33. The number of hydrogen-bond donors (Lipinski definition) is 2. The molecule has 2 heterocycles. The summed E-state index contributed by atoms with van der Waals surface area (Å²) in [6.45, 7) is 5.28. The molecule has 2 aromatic heterocycles. The van der Waals surface area contributed by atoms with Crippen molar-refractivity contribution >= 4 is 37.8 Å². The lowest BCUT2D eigenvalue weighted by Crippen LogP contribution is -2.29. The van der Waals surface area contributed by atoms with E-state index in [4.69, 9.17) is 10.2 Å². The second-order valence-corrected chi connectivity index (χ2v) is 10.5. The number of benzene rings is 2. The number of aromatic nitrogens is 3. The summed E-state index contributed by atoms with van der Waals surface area (Å²) in [7, 11) is -4.33. The molecule has 4 rings (SSSR count). The van der Waals surface area contributed by atoms with Crippen molar-refractivity contribution < 1.29 is 17.2 Å². The van der Waals surface area contributed by atoms with Gasteiger partial charge in [-0.3, -0.25) is 9.29 Å². The molecule has 0 bridgehead atoms. The van der Waals surface area contributed by atoms with Crippen molar-refractivity contribution in [2.75, 3.05) is 4.72 Å². The Labute approximate surface area is 198 Å². The van der Waals surface area contributed by atoms with Crippen molar-refractivity contribution in [1.82, 2.24) is 13.9 Å². The molecule has 0 radical (unpaired) electrons. The number of rotatable bonds is 5. The van der Waals surface area contributed by atoms with E-state index in [1.807, 2.05) is 6.07 Å². The quantitative estimate of drug-likeness (QED) is 0.402. The average Bonchev–Trinajstić information content (AvgIpc) is 3.37. The third kappa shape index (κ3) is 4.72. The highest BCUT2D eigenvalue weighted by Crippen LogP contribution is 2.29. The molecule has 0 amide bonds. The summed E-state index contributed by atoms with van der Waals surface area (Å²) in [5.41, 5.74) is 6.61. The third-order valence-corrected chi connectivity index (χ3v) is 6.92. The van der Waals surface area contributed by atoms with E-state index in [9.17, 15) is 17.6 Å². The van der Waals surface area contributed by atoms with Gasteiger partial charge in [0.15, 0.2) is 5.58 Å². The van der Waals surface area contributed by atoms with Crippen molar-refractivity contribution in [2.45, 2.75) is 37.2 Å². The Bertz CT molecular complexity index is 1590. The van der Waals surface area contributed by atoms with E-state index >= 15 is 0 Å². The fourth-order valence-electron chi connectivity index (χ4n) is 3.34. The van der Waals surface area contributed by atoms with E-state index in [0.29, 0.717) is 11.1 Å². The van der Waals surface area contributed by atoms with Gasteiger partial charge < -0.3 is 10.2 Å². The summed E-state index contributed by atoms with van der Waals surface area (Å²) < 4.78 is 52.7. The van der Waals surface area contributed by atoms with E-state index < -0.39 is 38.1 Å². The van der Waals surface area contributed by atoms with Crippen LogP contribution >= 0.6 is 11.5 Å². The van der Waals surface area contributed by atoms with Crippen LogP contribution in [-0.2, 0) is 10.0 Å². The fourth-order valence-corrected chi connectivity index (χ4v) is 5.08. The highest BCUT2D eigenvalue weighted by atomic mass is 32.2. The Hall–Kier alpha value is -3.53. The van der Waals surface area contributed by atoms with Crippen molar-refractivity contribution in [3.63, 3.8) is 0 Å². The fraction of sp³-hybridized carbons (Fsp3) is 0.227. The highest BCUT2D eigenvalue weighted by Gasteiger charge is 2.26. The van der Waals surface area contributed by atoms with Gasteiger partial charge in [0, 0.05) is 29.2 Å². The van der Waals surface area contributed by atoms with Crippen LogP contribution in [-0.4, -0.2) is 27.9 Å². The number of sulfonamides is 1. The lowest BCUT2D eigenvalue weighted by atomic mass is 10.00. The summed E-state index contributed by atoms with van der Waals surface area (Å²) in [4.78, 5) is 15.8. The first kappa shape index (κ1) is 23.6. The van der Waals surface area contributed by atoms with E-state index in [-0.39, 0.29) is 16.2 Å². The zero-order chi connectivity index (χ0) is 24.7. The molecular weight excluding hydrogens is 481 g/mol. The molecule has 12 heteroatoms. The Morgan fingerprint density at radius 3 is 2.71 bits per heavy atom. The smallest absolute Gasteiger partial charge is 0.408 e. The molecule has 0 aliphatic carbocycles. The van der Waals surface area contributed by atoms with Crippen LogP contribution in [0.4, 0.5) is 9.52 Å². The number of anilines is 1. The predicted octanol–water partition coefficient (Wildman–Crippen LogP) is 3.08. The molecule has 0 fully saturated rings. The van der Waals surface area contributed by atoms with Gasteiger partial charge in [0.25, 0.3) is 10.0 Å². The van der Waals surface area contributed by atoms with Crippen LogP contribution in [0, 0.1) is 17.7 Å². The van der Waals surface area contributed by atoms with E-state index in [0.717, 1.165) is 23.7 Å². The molecule has 0 unspecified atom stereocenters. The maximum atomic E-state index is 15.0. The number of nitrogens with one attached hydrogen (secondary N) is 1. The van der Waals surface area contributed by atoms with Crippen molar-refractivity contribution in [3.05, 3.63) is 70.2 Å². The number of hydrogen-bond acceptors (Lipinski definition) is 8. The zero-order valence-corrected chi connectivity index (χ0v) is 20.0. The lowest BCUT2D eigenvalue weighted by molar-refractivity contribution is 0.489. The van der Waals surface area contributed by atoms with Gasteiger partial charge in [-0.25, -0.2) is 22.6 Å². The number of halogens is 1. The Morgan fingerprint density at radius 2 is 2.03 bits per heavy atom. The predicted molar refractivity (Wildman–Crippen MR) is 127 cm³/mol. The van der Waals surface area contributed by atoms with Crippen molar-refractivity contribution in [2.24, 2.45) is 5.73 Å². The normalized spacial score (nSPS) is 12.9. The minimum Gasteiger partial charge on any atom is -0.408 e.